The van der Waals surface area contributed by atoms with Crippen LogP contribution >= 0.6 is 0 Å². The molecule has 0 spiro atoms. The van der Waals surface area contributed by atoms with Crippen molar-refractivity contribution in [3.05, 3.63) is 66.2 Å². The van der Waals surface area contributed by atoms with Crippen molar-refractivity contribution in [3.63, 3.8) is 0 Å². The van der Waals surface area contributed by atoms with Crippen LogP contribution in [-0.4, -0.2) is 19.9 Å². The molecular weight excluding hydrogens is 362 g/mol. The molecule has 0 radical (unpaired) electrons. The van der Waals surface area contributed by atoms with Crippen molar-refractivity contribution < 1.29 is 17.9 Å². The maximum atomic E-state index is 13.2. The van der Waals surface area contributed by atoms with Gasteiger partial charge in [0, 0.05) is 0 Å². The Bertz CT molecular complexity index is 831. The first-order valence-corrected chi connectivity index (χ1v) is 10.9. The smallest absolute Gasteiger partial charge is 0.408 e. The minimum Gasteiger partial charge on any atom is -0.445 e. The van der Waals surface area contributed by atoms with E-state index >= 15 is 0 Å². The molecular formula is C21H25NO4S. The average molecular weight is 388 g/mol. The van der Waals surface area contributed by atoms with Gasteiger partial charge in [0.15, 0.2) is 9.84 Å². The second-order valence-corrected chi connectivity index (χ2v) is 8.95. The van der Waals surface area contributed by atoms with Crippen LogP contribution in [0, 0.1) is 5.92 Å². The van der Waals surface area contributed by atoms with Crippen molar-refractivity contribution in [1.82, 2.24) is 5.32 Å². The summed E-state index contributed by atoms with van der Waals surface area (Å²) in [6.45, 7) is 0.107. The Hall–Kier alpha value is -2.34. The van der Waals surface area contributed by atoms with Gasteiger partial charge in [-0.25, -0.2) is 13.2 Å². The number of hydrogen-bond acceptors (Lipinski definition) is 4. The first-order valence-electron chi connectivity index (χ1n) is 9.33. The molecule has 0 aliphatic heterocycles. The van der Waals surface area contributed by atoms with Gasteiger partial charge in [0.05, 0.1) is 4.90 Å². The Balaban J connectivity index is 1.74. The highest BCUT2D eigenvalue weighted by Gasteiger charge is 2.36. The summed E-state index contributed by atoms with van der Waals surface area (Å²) in [5, 5.41) is 1.68. The zero-order valence-electron chi connectivity index (χ0n) is 15.2. The molecule has 1 N–H and O–H groups in total. The van der Waals surface area contributed by atoms with Gasteiger partial charge in [-0.2, -0.15) is 0 Å². The molecule has 1 saturated carbocycles. The summed E-state index contributed by atoms with van der Waals surface area (Å²) in [6.07, 6.45) is 3.94. The monoisotopic (exact) mass is 387 g/mol. The lowest BCUT2D eigenvalue weighted by Gasteiger charge is -2.30. The number of amides is 1. The molecule has 2 aromatic carbocycles. The molecule has 0 heterocycles. The minimum absolute atomic E-state index is 0.103. The van der Waals surface area contributed by atoms with Crippen molar-refractivity contribution in [3.8, 4) is 0 Å². The van der Waals surface area contributed by atoms with Crippen LogP contribution in [0.3, 0.4) is 0 Å². The molecule has 3 rings (SSSR count). The number of carbonyl (C=O) groups is 1. The molecule has 144 valence electrons. The Kier molecular flexibility index (Phi) is 6.50. The van der Waals surface area contributed by atoms with Gasteiger partial charge in [-0.15, -0.1) is 0 Å². The van der Waals surface area contributed by atoms with E-state index in [4.69, 9.17) is 4.74 Å². The van der Waals surface area contributed by atoms with Gasteiger partial charge in [0.1, 0.15) is 12.0 Å². The van der Waals surface area contributed by atoms with Crippen molar-refractivity contribution in [2.45, 2.75) is 49.0 Å². The van der Waals surface area contributed by atoms with Crippen molar-refractivity contribution in [2.24, 2.45) is 5.92 Å². The first-order chi connectivity index (χ1) is 13.1. The third-order valence-corrected chi connectivity index (χ3v) is 7.06. The topological polar surface area (TPSA) is 72.5 Å². The van der Waals surface area contributed by atoms with Crippen LogP contribution in [0.15, 0.2) is 65.6 Å². The van der Waals surface area contributed by atoms with E-state index in [-0.39, 0.29) is 17.4 Å². The second-order valence-electron chi connectivity index (χ2n) is 6.88. The molecule has 0 bridgehead atoms. The van der Waals surface area contributed by atoms with E-state index in [0.717, 1.165) is 37.7 Å². The predicted molar refractivity (Wildman–Crippen MR) is 104 cm³/mol. The Labute approximate surface area is 160 Å². The maximum Gasteiger partial charge on any atom is 0.408 e. The fraction of sp³-hybridized carbons (Fsp3) is 0.381. The van der Waals surface area contributed by atoms with E-state index in [0.29, 0.717) is 0 Å². The summed E-state index contributed by atoms with van der Waals surface area (Å²) in [4.78, 5) is 12.6. The highest BCUT2D eigenvalue weighted by molar-refractivity contribution is 7.92. The lowest BCUT2D eigenvalue weighted by Crippen LogP contribution is -2.46. The van der Waals surface area contributed by atoms with E-state index < -0.39 is 21.3 Å². The molecule has 1 aliphatic carbocycles. The molecule has 27 heavy (non-hydrogen) atoms. The fourth-order valence-corrected chi connectivity index (χ4v) is 5.38. The lowest BCUT2D eigenvalue weighted by molar-refractivity contribution is 0.134. The van der Waals surface area contributed by atoms with E-state index in [9.17, 15) is 13.2 Å². The largest absolute Gasteiger partial charge is 0.445 e. The van der Waals surface area contributed by atoms with Gasteiger partial charge in [0.2, 0.25) is 0 Å². The average Bonchev–Trinajstić information content (AvgIpc) is 2.72. The van der Waals surface area contributed by atoms with Crippen LogP contribution in [-0.2, 0) is 21.2 Å². The molecule has 5 nitrogen and oxygen atoms in total. The van der Waals surface area contributed by atoms with Crippen LogP contribution < -0.4 is 5.32 Å². The Morgan fingerprint density at radius 3 is 2.19 bits per heavy atom. The highest BCUT2D eigenvalue weighted by Crippen LogP contribution is 2.31. The highest BCUT2D eigenvalue weighted by atomic mass is 32.2. The van der Waals surface area contributed by atoms with E-state index in [2.05, 4.69) is 5.32 Å². The van der Waals surface area contributed by atoms with Crippen LogP contribution in [0.5, 0.6) is 0 Å². The van der Waals surface area contributed by atoms with Crippen LogP contribution in [0.4, 0.5) is 4.79 Å². The predicted octanol–water partition coefficient (Wildman–Crippen LogP) is 4.29. The van der Waals surface area contributed by atoms with E-state index in [1.54, 1.807) is 30.3 Å². The van der Waals surface area contributed by atoms with E-state index in [1.165, 1.54) is 0 Å². The molecule has 0 saturated heterocycles. The van der Waals surface area contributed by atoms with Crippen LogP contribution in [0.2, 0.25) is 0 Å². The SMILES string of the molecule is O=C(N[C@H](C1CCCCC1)S(=O)(=O)c1ccccc1)OCc1ccccc1. The summed E-state index contributed by atoms with van der Waals surface area (Å²) in [7, 11) is -3.69. The molecule has 1 atom stereocenters. The summed E-state index contributed by atoms with van der Waals surface area (Å²) in [6, 6.07) is 17.6. The van der Waals surface area contributed by atoms with Crippen molar-refractivity contribution in [2.75, 3.05) is 0 Å². The van der Waals surface area contributed by atoms with Crippen molar-refractivity contribution >= 4 is 15.9 Å². The van der Waals surface area contributed by atoms with Gasteiger partial charge in [-0.05, 0) is 36.5 Å². The van der Waals surface area contributed by atoms with Gasteiger partial charge in [-0.1, -0.05) is 67.8 Å². The summed E-state index contributed by atoms with van der Waals surface area (Å²) in [5.74, 6) is -0.103. The molecule has 1 fully saturated rings. The zero-order valence-corrected chi connectivity index (χ0v) is 16.0. The standard InChI is InChI=1S/C21H25NO4S/c23-21(26-16-17-10-4-1-5-11-17)22-20(18-12-6-2-7-13-18)27(24,25)19-14-8-3-9-15-19/h1,3-5,8-11,14-15,18,20H,2,6-7,12-13,16H2,(H,22,23)/t20-/m0/s1. The van der Waals surface area contributed by atoms with Gasteiger partial charge >= 0.3 is 6.09 Å². The first kappa shape index (κ1) is 19.4. The second kappa shape index (κ2) is 9.04. The number of ether oxygens (including phenoxy) is 1. The number of alkyl carbamates (subject to hydrolysis) is 1. The van der Waals surface area contributed by atoms with Crippen LogP contribution in [0.1, 0.15) is 37.7 Å². The summed E-state index contributed by atoms with van der Waals surface area (Å²) < 4.78 is 31.6. The maximum absolute atomic E-state index is 13.2. The van der Waals surface area contributed by atoms with Crippen LogP contribution in [0.25, 0.3) is 0 Å². The molecule has 0 aromatic heterocycles. The van der Waals surface area contributed by atoms with Crippen molar-refractivity contribution in [1.29, 1.82) is 0 Å². The number of hydrogen-bond donors (Lipinski definition) is 1. The lowest BCUT2D eigenvalue weighted by atomic mass is 9.89. The third-order valence-electron chi connectivity index (χ3n) is 4.96. The van der Waals surface area contributed by atoms with Gasteiger partial charge in [0.25, 0.3) is 0 Å². The Morgan fingerprint density at radius 1 is 0.963 bits per heavy atom. The fourth-order valence-electron chi connectivity index (χ4n) is 3.52. The molecule has 6 heteroatoms. The van der Waals surface area contributed by atoms with Gasteiger partial charge in [-0.3, -0.25) is 0 Å². The number of benzene rings is 2. The number of rotatable bonds is 6. The molecule has 2 aromatic rings. The normalized spacial score (nSPS) is 16.4. The number of carbonyl (C=O) groups excluding carboxylic acids is 1. The number of nitrogens with one attached hydrogen (secondary N) is 1. The Morgan fingerprint density at radius 2 is 1.56 bits per heavy atom. The minimum atomic E-state index is -3.69. The zero-order chi connectivity index (χ0) is 19.1. The molecule has 1 amide bonds. The molecule has 0 unspecified atom stereocenters. The van der Waals surface area contributed by atoms with Gasteiger partial charge < -0.3 is 10.1 Å². The number of sulfone groups is 1. The summed E-state index contributed by atoms with van der Waals surface area (Å²) in [5.41, 5.74) is 0.854. The third kappa shape index (κ3) is 5.10. The summed E-state index contributed by atoms with van der Waals surface area (Å²) >= 11 is 0. The quantitative estimate of drug-likeness (QED) is 0.802. The molecule has 1 aliphatic rings. The van der Waals surface area contributed by atoms with E-state index in [1.807, 2.05) is 30.3 Å².